The quantitative estimate of drug-likeness (QED) is 0.842. The molecule has 21 heavy (non-hydrogen) atoms. The first-order valence-electron chi connectivity index (χ1n) is 7.96. The summed E-state index contributed by atoms with van der Waals surface area (Å²) in [6.07, 6.45) is 4.92. The summed E-state index contributed by atoms with van der Waals surface area (Å²) >= 11 is 0. The zero-order chi connectivity index (χ0) is 15.1. The van der Waals surface area contributed by atoms with Gasteiger partial charge in [-0.2, -0.15) is 0 Å². The minimum Gasteiger partial charge on any atom is -0.385 e. The van der Waals surface area contributed by atoms with Crippen molar-refractivity contribution in [3.8, 4) is 0 Å². The van der Waals surface area contributed by atoms with Crippen LogP contribution in [0.15, 0.2) is 18.3 Å². The Morgan fingerprint density at radius 1 is 1.38 bits per heavy atom. The highest BCUT2D eigenvalue weighted by Crippen LogP contribution is 2.12. The van der Waals surface area contributed by atoms with E-state index in [1.165, 1.54) is 6.42 Å². The first kappa shape index (κ1) is 15.8. The third-order valence-electron chi connectivity index (χ3n) is 3.84. The normalized spacial score (nSPS) is 16.7. The summed E-state index contributed by atoms with van der Waals surface area (Å²) in [7, 11) is 0. The van der Waals surface area contributed by atoms with Gasteiger partial charge in [0.15, 0.2) is 0 Å². The van der Waals surface area contributed by atoms with Crippen LogP contribution in [-0.4, -0.2) is 48.0 Å². The molecular formula is C16H26N4O. The van der Waals surface area contributed by atoms with Crippen LogP contribution < -0.4 is 10.6 Å². The van der Waals surface area contributed by atoms with E-state index in [2.05, 4.69) is 27.4 Å². The maximum atomic E-state index is 12.3. The maximum Gasteiger partial charge on any atom is 0.270 e. The van der Waals surface area contributed by atoms with Crippen LogP contribution in [0.4, 0.5) is 5.69 Å². The molecule has 2 N–H and O–H groups in total. The number of hydrogen-bond acceptors (Lipinski definition) is 4. The fourth-order valence-electron chi connectivity index (χ4n) is 2.75. The van der Waals surface area contributed by atoms with Crippen molar-refractivity contribution in [2.45, 2.75) is 39.2 Å². The summed E-state index contributed by atoms with van der Waals surface area (Å²) in [6.45, 7) is 8.38. The van der Waals surface area contributed by atoms with Crippen LogP contribution >= 0.6 is 0 Å². The van der Waals surface area contributed by atoms with Crippen LogP contribution in [0.3, 0.4) is 0 Å². The summed E-state index contributed by atoms with van der Waals surface area (Å²) < 4.78 is 0. The molecule has 5 heteroatoms. The van der Waals surface area contributed by atoms with Crippen LogP contribution in [0.5, 0.6) is 0 Å². The van der Waals surface area contributed by atoms with Gasteiger partial charge in [-0.15, -0.1) is 0 Å². The van der Waals surface area contributed by atoms with Gasteiger partial charge in [0.05, 0.1) is 0 Å². The molecule has 0 aliphatic carbocycles. The summed E-state index contributed by atoms with van der Waals surface area (Å²) in [5.74, 6) is -0.0660. The Bertz CT molecular complexity index is 455. The third-order valence-corrected chi connectivity index (χ3v) is 3.84. The molecule has 1 aliphatic heterocycles. The van der Waals surface area contributed by atoms with Gasteiger partial charge >= 0.3 is 0 Å². The summed E-state index contributed by atoms with van der Waals surface area (Å²) in [4.78, 5) is 18.9. The van der Waals surface area contributed by atoms with E-state index < -0.39 is 0 Å². The number of amides is 1. The molecule has 1 aromatic rings. The van der Waals surface area contributed by atoms with Gasteiger partial charge in [0.2, 0.25) is 0 Å². The van der Waals surface area contributed by atoms with Gasteiger partial charge in [-0.3, -0.25) is 9.78 Å². The van der Waals surface area contributed by atoms with Gasteiger partial charge in [0, 0.05) is 37.6 Å². The zero-order valence-corrected chi connectivity index (χ0v) is 13.1. The molecule has 0 bridgehead atoms. The number of rotatable bonds is 6. The van der Waals surface area contributed by atoms with Gasteiger partial charge < -0.3 is 15.5 Å². The SMILES string of the molecule is CCCN1CCC(NC(=O)c2cc(NCC)ccn2)CC1. The van der Waals surface area contributed by atoms with E-state index in [0.29, 0.717) is 5.69 Å². The van der Waals surface area contributed by atoms with Gasteiger partial charge in [-0.05, 0) is 44.9 Å². The highest BCUT2D eigenvalue weighted by atomic mass is 16.1. The summed E-state index contributed by atoms with van der Waals surface area (Å²) in [5.41, 5.74) is 1.43. The van der Waals surface area contributed by atoms with Crippen LogP contribution in [0, 0.1) is 0 Å². The largest absolute Gasteiger partial charge is 0.385 e. The Labute approximate surface area is 127 Å². The van der Waals surface area contributed by atoms with E-state index in [-0.39, 0.29) is 11.9 Å². The topological polar surface area (TPSA) is 57.3 Å². The van der Waals surface area contributed by atoms with Crippen LogP contribution in [0.25, 0.3) is 0 Å². The van der Waals surface area contributed by atoms with Crippen LogP contribution in [0.2, 0.25) is 0 Å². The first-order valence-corrected chi connectivity index (χ1v) is 7.96. The smallest absolute Gasteiger partial charge is 0.270 e. The number of nitrogens with zero attached hydrogens (tertiary/aromatic N) is 2. The molecule has 1 fully saturated rings. The van der Waals surface area contributed by atoms with Crippen LogP contribution in [-0.2, 0) is 0 Å². The van der Waals surface area contributed by atoms with E-state index in [1.54, 1.807) is 6.20 Å². The molecule has 0 spiro atoms. The second-order valence-electron chi connectivity index (χ2n) is 5.55. The Morgan fingerprint density at radius 3 is 2.81 bits per heavy atom. The molecule has 1 aliphatic rings. The van der Waals surface area contributed by atoms with Gasteiger partial charge in [0.1, 0.15) is 5.69 Å². The van der Waals surface area contributed by atoms with Crippen molar-refractivity contribution in [2.24, 2.45) is 0 Å². The molecule has 0 saturated carbocycles. The number of piperidine rings is 1. The lowest BCUT2D eigenvalue weighted by Gasteiger charge is -2.32. The van der Waals surface area contributed by atoms with E-state index in [0.717, 1.165) is 44.7 Å². The molecule has 2 heterocycles. The highest BCUT2D eigenvalue weighted by Gasteiger charge is 2.21. The Balaban J connectivity index is 1.86. The van der Waals surface area contributed by atoms with Crippen molar-refractivity contribution in [3.63, 3.8) is 0 Å². The average Bonchev–Trinajstić information content (AvgIpc) is 2.50. The number of hydrogen-bond donors (Lipinski definition) is 2. The van der Waals surface area contributed by atoms with Crippen molar-refractivity contribution in [2.75, 3.05) is 31.5 Å². The molecule has 0 aromatic carbocycles. The van der Waals surface area contributed by atoms with E-state index >= 15 is 0 Å². The minimum absolute atomic E-state index is 0.0660. The number of pyridine rings is 1. The lowest BCUT2D eigenvalue weighted by Crippen LogP contribution is -2.44. The fourth-order valence-corrected chi connectivity index (χ4v) is 2.75. The molecule has 0 atom stereocenters. The Hall–Kier alpha value is -1.62. The summed E-state index contributed by atoms with van der Waals surface area (Å²) in [5, 5.41) is 6.31. The van der Waals surface area contributed by atoms with E-state index in [9.17, 15) is 4.79 Å². The predicted molar refractivity (Wildman–Crippen MR) is 85.6 cm³/mol. The average molecular weight is 290 g/mol. The van der Waals surface area contributed by atoms with Crippen LogP contribution in [0.1, 0.15) is 43.6 Å². The molecule has 1 amide bonds. The molecule has 0 unspecified atom stereocenters. The fraction of sp³-hybridized carbons (Fsp3) is 0.625. The van der Waals surface area contributed by atoms with E-state index in [1.807, 2.05) is 19.1 Å². The second kappa shape index (κ2) is 7.98. The Morgan fingerprint density at radius 2 is 2.14 bits per heavy atom. The standard InChI is InChI=1S/C16H26N4O/c1-3-9-20-10-6-13(7-11-20)19-16(21)15-12-14(17-4-2)5-8-18-15/h5,8,12-13H,3-4,6-7,9-11H2,1-2H3,(H,17,18)(H,19,21). The van der Waals surface area contributed by atoms with Crippen molar-refractivity contribution < 1.29 is 4.79 Å². The lowest BCUT2D eigenvalue weighted by molar-refractivity contribution is 0.0906. The van der Waals surface area contributed by atoms with Crippen molar-refractivity contribution in [1.29, 1.82) is 0 Å². The lowest BCUT2D eigenvalue weighted by atomic mass is 10.0. The number of carbonyl (C=O) groups excluding carboxylic acids is 1. The number of anilines is 1. The van der Waals surface area contributed by atoms with Gasteiger partial charge in [0.25, 0.3) is 5.91 Å². The van der Waals surface area contributed by atoms with Crippen molar-refractivity contribution in [3.05, 3.63) is 24.0 Å². The molecular weight excluding hydrogens is 264 g/mol. The summed E-state index contributed by atoms with van der Waals surface area (Å²) in [6, 6.07) is 3.96. The molecule has 116 valence electrons. The molecule has 5 nitrogen and oxygen atoms in total. The number of carbonyl (C=O) groups is 1. The van der Waals surface area contributed by atoms with Gasteiger partial charge in [-0.25, -0.2) is 0 Å². The second-order valence-corrected chi connectivity index (χ2v) is 5.55. The molecule has 0 radical (unpaired) electrons. The third kappa shape index (κ3) is 4.70. The predicted octanol–water partition coefficient (Wildman–Crippen LogP) is 2.12. The number of likely N-dealkylation sites (tertiary alicyclic amines) is 1. The number of aromatic nitrogens is 1. The molecule has 1 saturated heterocycles. The zero-order valence-electron chi connectivity index (χ0n) is 13.1. The number of nitrogens with one attached hydrogen (secondary N) is 2. The monoisotopic (exact) mass is 290 g/mol. The molecule has 1 aromatic heterocycles. The van der Waals surface area contributed by atoms with Gasteiger partial charge in [-0.1, -0.05) is 6.92 Å². The molecule has 2 rings (SSSR count). The van der Waals surface area contributed by atoms with E-state index in [4.69, 9.17) is 0 Å². The maximum absolute atomic E-state index is 12.3. The Kier molecular flexibility index (Phi) is 5.99. The minimum atomic E-state index is -0.0660. The highest BCUT2D eigenvalue weighted by molar-refractivity contribution is 5.93. The van der Waals surface area contributed by atoms with Crippen molar-refractivity contribution in [1.82, 2.24) is 15.2 Å². The van der Waals surface area contributed by atoms with Crippen molar-refractivity contribution >= 4 is 11.6 Å². The first-order chi connectivity index (χ1) is 10.2.